The summed E-state index contributed by atoms with van der Waals surface area (Å²) >= 11 is 6.03. The van der Waals surface area contributed by atoms with Crippen LogP contribution in [0, 0.1) is 0 Å². The molecule has 2 rings (SSSR count). The fourth-order valence-electron chi connectivity index (χ4n) is 2.44. The predicted octanol–water partition coefficient (Wildman–Crippen LogP) is 2.57. The summed E-state index contributed by atoms with van der Waals surface area (Å²) in [5.41, 5.74) is 5.36. The Morgan fingerprint density at radius 2 is 1.94 bits per heavy atom. The number of anilines is 1. The van der Waals surface area contributed by atoms with E-state index in [1.165, 1.54) is 31.2 Å². The van der Waals surface area contributed by atoms with Crippen LogP contribution in [0.4, 0.5) is 10.5 Å². The van der Waals surface area contributed by atoms with Crippen molar-refractivity contribution >= 4 is 64.2 Å². The van der Waals surface area contributed by atoms with Crippen LogP contribution < -0.4 is 16.2 Å². The number of likely N-dealkylation sites (N-methyl/N-ethyl adjacent to an activating group) is 1. The van der Waals surface area contributed by atoms with Crippen LogP contribution in [0.25, 0.3) is 0 Å². The van der Waals surface area contributed by atoms with E-state index in [2.05, 4.69) is 5.32 Å². The second-order valence-electron chi connectivity index (χ2n) is 6.37. The summed E-state index contributed by atoms with van der Waals surface area (Å²) in [7, 11) is -2.75. The first-order chi connectivity index (χ1) is 14.5. The topological polar surface area (TPSA) is 167 Å². The molecule has 33 heavy (non-hydrogen) atoms. The molecule has 186 valence electrons. The monoisotopic (exact) mass is 546 g/mol. The SMILES string of the molecule is CC(OC(=O)c1cc(S(N)(=O)=O)c(Cl)cc1NCc1ccco1)OC(=O)N(C)CCN.Cl.Cl. The Morgan fingerprint density at radius 1 is 1.27 bits per heavy atom. The summed E-state index contributed by atoms with van der Waals surface area (Å²) in [6.45, 7) is 1.98. The third-order valence-corrected chi connectivity index (χ3v) is 5.32. The summed E-state index contributed by atoms with van der Waals surface area (Å²) in [5, 5.41) is 7.90. The second-order valence-corrected chi connectivity index (χ2v) is 8.31. The molecule has 5 N–H and O–H groups in total. The number of carbonyl (C=O) groups excluding carboxylic acids is 2. The van der Waals surface area contributed by atoms with Crippen LogP contribution in [0.2, 0.25) is 5.02 Å². The Bertz CT molecular complexity index is 1040. The first-order valence-electron chi connectivity index (χ1n) is 8.98. The van der Waals surface area contributed by atoms with E-state index in [0.717, 1.165) is 6.07 Å². The number of hydrogen-bond donors (Lipinski definition) is 3. The van der Waals surface area contributed by atoms with Gasteiger partial charge in [-0.15, -0.1) is 24.8 Å². The molecular formula is C18H25Cl3N4O7S. The van der Waals surface area contributed by atoms with Crippen LogP contribution in [0.1, 0.15) is 23.0 Å². The molecule has 0 saturated carbocycles. The van der Waals surface area contributed by atoms with Gasteiger partial charge in [0, 0.05) is 27.1 Å². The van der Waals surface area contributed by atoms with Crippen molar-refractivity contribution in [2.75, 3.05) is 25.5 Å². The maximum absolute atomic E-state index is 12.7. The standard InChI is InChI=1S/C18H23ClN4O7S.2ClH/c1-11(30-18(25)23(2)6-5-20)29-17(24)13-8-16(31(21,26)27)14(19)9-15(13)22-10-12-4-3-7-28-12;;/h3-4,7-9,11,22H,5-6,10,20H2,1-2H3,(H2,21,26,27);2*1H. The normalized spacial score (nSPS) is 11.4. The number of primary sulfonamides is 1. The lowest BCUT2D eigenvalue weighted by Gasteiger charge is -2.20. The Kier molecular flexibility index (Phi) is 12.6. The number of ether oxygens (including phenoxy) is 2. The van der Waals surface area contributed by atoms with Gasteiger partial charge in [0.1, 0.15) is 10.7 Å². The molecule has 0 aliphatic rings. The highest BCUT2D eigenvalue weighted by Gasteiger charge is 2.24. The Morgan fingerprint density at radius 3 is 2.48 bits per heavy atom. The number of sulfonamides is 1. The fraction of sp³-hybridized carbons (Fsp3) is 0.333. The molecule has 2 aromatic rings. The average Bonchev–Trinajstić information content (AvgIpc) is 3.18. The van der Waals surface area contributed by atoms with Gasteiger partial charge in [0.25, 0.3) is 0 Å². The molecule has 0 fully saturated rings. The molecule has 1 amide bonds. The van der Waals surface area contributed by atoms with Crippen molar-refractivity contribution < 1.29 is 31.9 Å². The Hall–Kier alpha value is -2.22. The van der Waals surface area contributed by atoms with E-state index in [0.29, 0.717) is 5.76 Å². The molecule has 0 saturated heterocycles. The minimum atomic E-state index is -4.22. The summed E-state index contributed by atoms with van der Waals surface area (Å²) < 4.78 is 39.0. The van der Waals surface area contributed by atoms with Gasteiger partial charge >= 0.3 is 12.1 Å². The van der Waals surface area contributed by atoms with E-state index in [9.17, 15) is 18.0 Å². The number of nitrogens with zero attached hydrogens (tertiary/aromatic N) is 1. The van der Waals surface area contributed by atoms with Gasteiger partial charge in [-0.05, 0) is 24.3 Å². The van der Waals surface area contributed by atoms with Crippen LogP contribution in [0.15, 0.2) is 39.8 Å². The number of halogens is 3. The van der Waals surface area contributed by atoms with E-state index >= 15 is 0 Å². The van der Waals surface area contributed by atoms with Crippen molar-refractivity contribution in [3.63, 3.8) is 0 Å². The highest BCUT2D eigenvalue weighted by Crippen LogP contribution is 2.29. The number of rotatable bonds is 9. The van der Waals surface area contributed by atoms with Gasteiger partial charge in [0.05, 0.1) is 29.1 Å². The number of hydrogen-bond acceptors (Lipinski definition) is 9. The summed E-state index contributed by atoms with van der Waals surface area (Å²) in [6, 6.07) is 5.59. The quantitative estimate of drug-likeness (QED) is 0.316. The first kappa shape index (κ1) is 30.8. The highest BCUT2D eigenvalue weighted by molar-refractivity contribution is 7.89. The molecule has 0 bridgehead atoms. The Labute approximate surface area is 208 Å². The van der Waals surface area contributed by atoms with Gasteiger partial charge in [-0.1, -0.05) is 11.6 Å². The van der Waals surface area contributed by atoms with E-state index in [1.54, 1.807) is 12.1 Å². The molecule has 1 aromatic heterocycles. The first-order valence-corrected chi connectivity index (χ1v) is 10.9. The van der Waals surface area contributed by atoms with Crippen LogP contribution in [0.3, 0.4) is 0 Å². The molecule has 11 nitrogen and oxygen atoms in total. The number of benzene rings is 1. The summed E-state index contributed by atoms with van der Waals surface area (Å²) in [4.78, 5) is 25.4. The molecule has 1 heterocycles. The van der Waals surface area contributed by atoms with Crippen LogP contribution in [-0.2, 0) is 26.0 Å². The lowest BCUT2D eigenvalue weighted by Crippen LogP contribution is -2.35. The van der Waals surface area contributed by atoms with E-state index in [1.807, 2.05) is 0 Å². The Balaban J connectivity index is 0.00000512. The smallest absolute Gasteiger partial charge is 0.412 e. The van der Waals surface area contributed by atoms with Gasteiger partial charge in [0.2, 0.25) is 16.3 Å². The van der Waals surface area contributed by atoms with Crippen molar-refractivity contribution in [3.05, 3.63) is 46.9 Å². The molecule has 0 radical (unpaired) electrons. The summed E-state index contributed by atoms with van der Waals surface area (Å²) in [6.07, 6.45) is -0.545. The molecule has 0 aliphatic heterocycles. The third-order valence-electron chi connectivity index (χ3n) is 3.95. The van der Waals surface area contributed by atoms with Gasteiger partial charge in [0.15, 0.2) is 0 Å². The van der Waals surface area contributed by atoms with Gasteiger partial charge in [-0.25, -0.2) is 23.1 Å². The third kappa shape index (κ3) is 8.91. The van der Waals surface area contributed by atoms with Crippen LogP contribution >= 0.6 is 36.4 Å². The number of nitrogens with one attached hydrogen (secondary N) is 1. The van der Waals surface area contributed by atoms with Crippen molar-refractivity contribution in [1.29, 1.82) is 0 Å². The van der Waals surface area contributed by atoms with Gasteiger partial charge in [-0.2, -0.15) is 0 Å². The van der Waals surface area contributed by atoms with Crippen molar-refractivity contribution in [3.8, 4) is 0 Å². The minimum absolute atomic E-state index is 0. The summed E-state index contributed by atoms with van der Waals surface area (Å²) in [5.74, 6) is -0.415. The minimum Gasteiger partial charge on any atom is -0.467 e. The maximum Gasteiger partial charge on any atom is 0.412 e. The van der Waals surface area contributed by atoms with Crippen molar-refractivity contribution in [2.45, 2.75) is 24.7 Å². The van der Waals surface area contributed by atoms with Crippen LogP contribution in [-0.4, -0.2) is 51.8 Å². The molecule has 0 aliphatic carbocycles. The zero-order valence-corrected chi connectivity index (χ0v) is 20.9. The maximum atomic E-state index is 12.7. The molecular weight excluding hydrogens is 523 g/mol. The second kappa shape index (κ2) is 13.5. The van der Waals surface area contributed by atoms with Crippen LogP contribution in [0.5, 0.6) is 0 Å². The highest BCUT2D eigenvalue weighted by atomic mass is 35.5. The fourth-order valence-corrected chi connectivity index (χ4v) is 3.54. The van der Waals surface area contributed by atoms with Crippen molar-refractivity contribution in [1.82, 2.24) is 4.90 Å². The number of carbonyl (C=O) groups is 2. The zero-order valence-electron chi connectivity index (χ0n) is 17.6. The number of esters is 1. The number of furan rings is 1. The van der Waals surface area contributed by atoms with Gasteiger partial charge < -0.3 is 29.8 Å². The van der Waals surface area contributed by atoms with E-state index in [4.69, 9.17) is 36.4 Å². The molecule has 1 aromatic carbocycles. The molecule has 1 atom stereocenters. The lowest BCUT2D eigenvalue weighted by atomic mass is 10.1. The number of nitrogens with two attached hydrogens (primary N) is 2. The number of amides is 1. The lowest BCUT2D eigenvalue weighted by molar-refractivity contribution is -0.0676. The largest absolute Gasteiger partial charge is 0.467 e. The average molecular weight is 548 g/mol. The zero-order chi connectivity index (χ0) is 23.2. The van der Waals surface area contributed by atoms with E-state index < -0.39 is 33.3 Å². The van der Waals surface area contributed by atoms with E-state index in [-0.39, 0.29) is 60.7 Å². The van der Waals surface area contributed by atoms with Crippen molar-refractivity contribution in [2.24, 2.45) is 10.9 Å². The van der Waals surface area contributed by atoms with Gasteiger partial charge in [-0.3, -0.25) is 0 Å². The molecule has 0 spiro atoms. The molecule has 1 unspecified atom stereocenters. The predicted molar refractivity (Wildman–Crippen MR) is 126 cm³/mol. The molecule has 15 heteroatoms.